The van der Waals surface area contributed by atoms with Crippen molar-refractivity contribution in [2.45, 2.75) is 148 Å². The Bertz CT molecular complexity index is 429. The number of unbranched alkanes of at least 4 members (excludes halogenated alkanes) is 17. The number of nitrogens with two attached hydrogens (primary N) is 1. The van der Waals surface area contributed by atoms with Gasteiger partial charge in [-0.1, -0.05) is 110 Å². The van der Waals surface area contributed by atoms with Gasteiger partial charge < -0.3 is 15.8 Å². The van der Waals surface area contributed by atoms with Crippen LogP contribution in [0.25, 0.3) is 0 Å². The average Bonchev–Trinajstić information content (AvgIpc) is 2.80. The van der Waals surface area contributed by atoms with Crippen LogP contribution in [-0.2, 0) is 14.3 Å². The molecule has 0 bridgehead atoms. The molecule has 0 saturated carbocycles. The molecule has 0 saturated heterocycles. The van der Waals surface area contributed by atoms with Crippen LogP contribution in [0.2, 0.25) is 0 Å². The summed E-state index contributed by atoms with van der Waals surface area (Å²) in [6.07, 6.45) is 25.3. The Balaban J connectivity index is 3.46. The lowest BCUT2D eigenvalue weighted by Gasteiger charge is -2.16. The summed E-state index contributed by atoms with van der Waals surface area (Å²) in [5.41, 5.74) is 5.50. The van der Waals surface area contributed by atoms with Crippen LogP contribution >= 0.6 is 0 Å². The summed E-state index contributed by atoms with van der Waals surface area (Å²) in [4.78, 5) is 23.9. The van der Waals surface area contributed by atoms with E-state index in [0.717, 1.165) is 25.7 Å². The van der Waals surface area contributed by atoms with Crippen LogP contribution in [0.15, 0.2) is 0 Å². The van der Waals surface area contributed by atoms with E-state index in [1.165, 1.54) is 103 Å². The quantitative estimate of drug-likeness (QED) is 0.124. The largest absolute Gasteiger partial charge is 0.467 e. The Kier molecular flexibility index (Phi) is 23.7. The lowest BCUT2D eigenvalue weighted by atomic mass is 10.0. The highest BCUT2D eigenvalue weighted by atomic mass is 16.5. The van der Waals surface area contributed by atoms with Gasteiger partial charge in [-0.15, -0.1) is 0 Å². The molecule has 3 N–H and O–H groups in total. The summed E-state index contributed by atoms with van der Waals surface area (Å²) >= 11 is 0. The van der Waals surface area contributed by atoms with Gasteiger partial charge in [-0.3, -0.25) is 4.79 Å². The number of esters is 1. The fourth-order valence-electron chi connectivity index (χ4n) is 4.16. The number of hydrogen-bond donors (Lipinski definition) is 2. The molecule has 0 aliphatic heterocycles. The van der Waals surface area contributed by atoms with Crippen LogP contribution in [0, 0.1) is 0 Å². The molecule has 0 aromatic rings. The molecule has 32 heavy (non-hydrogen) atoms. The molecule has 190 valence electrons. The van der Waals surface area contributed by atoms with E-state index in [-0.39, 0.29) is 11.9 Å². The molecule has 0 radical (unpaired) electrons. The fourth-order valence-corrected chi connectivity index (χ4v) is 4.16. The zero-order valence-corrected chi connectivity index (χ0v) is 21.4. The Morgan fingerprint density at radius 1 is 0.688 bits per heavy atom. The standard InChI is InChI=1S/C27H54N2O3/c1-3-4-5-6-7-8-9-10-11-12-13-14-15-16-17-18-19-23-26(30)29-25(27(31)32-2)22-20-21-24-28/h25H,3-24,28H2,1-2H3,(H,29,30)/t25-/m0/s1. The van der Waals surface area contributed by atoms with Crippen molar-refractivity contribution in [1.82, 2.24) is 5.32 Å². The molecule has 0 aromatic heterocycles. The highest BCUT2D eigenvalue weighted by Crippen LogP contribution is 2.14. The first-order valence-corrected chi connectivity index (χ1v) is 13.7. The molecule has 0 unspecified atom stereocenters. The summed E-state index contributed by atoms with van der Waals surface area (Å²) < 4.78 is 4.80. The van der Waals surface area contributed by atoms with Gasteiger partial charge in [-0.2, -0.15) is 0 Å². The topological polar surface area (TPSA) is 81.4 Å². The van der Waals surface area contributed by atoms with E-state index in [0.29, 0.717) is 19.4 Å². The van der Waals surface area contributed by atoms with Crippen molar-refractivity contribution >= 4 is 11.9 Å². The fraction of sp³-hybridized carbons (Fsp3) is 0.926. The summed E-state index contributed by atoms with van der Waals surface area (Å²) in [6.45, 7) is 2.87. The number of nitrogens with one attached hydrogen (secondary N) is 1. The van der Waals surface area contributed by atoms with E-state index >= 15 is 0 Å². The van der Waals surface area contributed by atoms with Crippen LogP contribution in [0.1, 0.15) is 142 Å². The lowest BCUT2D eigenvalue weighted by Crippen LogP contribution is -2.41. The van der Waals surface area contributed by atoms with E-state index in [1.54, 1.807) is 0 Å². The minimum Gasteiger partial charge on any atom is -0.467 e. The molecule has 5 heteroatoms. The van der Waals surface area contributed by atoms with Crippen LogP contribution < -0.4 is 11.1 Å². The second-order valence-electron chi connectivity index (χ2n) is 9.33. The smallest absolute Gasteiger partial charge is 0.328 e. The Hall–Kier alpha value is -1.10. The highest BCUT2D eigenvalue weighted by Gasteiger charge is 2.20. The van der Waals surface area contributed by atoms with Crippen molar-refractivity contribution < 1.29 is 14.3 Å². The maximum Gasteiger partial charge on any atom is 0.328 e. The van der Waals surface area contributed by atoms with Crippen molar-refractivity contribution in [1.29, 1.82) is 0 Å². The first kappa shape index (κ1) is 30.9. The number of ether oxygens (including phenoxy) is 1. The lowest BCUT2D eigenvalue weighted by molar-refractivity contribution is -0.145. The van der Waals surface area contributed by atoms with E-state index < -0.39 is 6.04 Å². The molecule has 1 atom stereocenters. The Morgan fingerprint density at radius 2 is 1.12 bits per heavy atom. The summed E-state index contributed by atoms with van der Waals surface area (Å²) in [5.74, 6) is -0.410. The van der Waals surface area contributed by atoms with Crippen molar-refractivity contribution in [2.75, 3.05) is 13.7 Å². The predicted molar refractivity (Wildman–Crippen MR) is 136 cm³/mol. The zero-order valence-electron chi connectivity index (χ0n) is 21.4. The molecule has 0 aliphatic rings. The molecule has 5 nitrogen and oxygen atoms in total. The predicted octanol–water partition coefficient (Wildman–Crippen LogP) is 6.81. The van der Waals surface area contributed by atoms with Gasteiger partial charge in [0, 0.05) is 6.42 Å². The van der Waals surface area contributed by atoms with Crippen molar-refractivity contribution in [3.05, 3.63) is 0 Å². The third-order valence-corrected chi connectivity index (χ3v) is 6.28. The van der Waals surface area contributed by atoms with Crippen molar-refractivity contribution in [2.24, 2.45) is 5.73 Å². The van der Waals surface area contributed by atoms with Crippen LogP contribution in [0.5, 0.6) is 0 Å². The summed E-state index contributed by atoms with van der Waals surface area (Å²) in [7, 11) is 1.36. The normalized spacial score (nSPS) is 12.0. The van der Waals surface area contributed by atoms with Gasteiger partial charge in [0.05, 0.1) is 7.11 Å². The third kappa shape index (κ3) is 20.8. The first-order valence-electron chi connectivity index (χ1n) is 13.7. The number of methoxy groups -OCH3 is 1. The molecule has 0 spiro atoms. The van der Waals surface area contributed by atoms with E-state index in [4.69, 9.17) is 10.5 Å². The summed E-state index contributed by atoms with van der Waals surface area (Å²) in [5, 5.41) is 2.83. The number of rotatable bonds is 24. The van der Waals surface area contributed by atoms with Gasteiger partial charge in [0.1, 0.15) is 6.04 Å². The number of carbonyl (C=O) groups excluding carboxylic acids is 2. The molecule has 0 aliphatic carbocycles. The van der Waals surface area contributed by atoms with Gasteiger partial charge in [-0.05, 0) is 32.2 Å². The molecular weight excluding hydrogens is 400 g/mol. The minimum atomic E-state index is -0.537. The van der Waals surface area contributed by atoms with E-state index in [1.807, 2.05) is 0 Å². The average molecular weight is 455 g/mol. The van der Waals surface area contributed by atoms with Gasteiger partial charge in [0.15, 0.2) is 0 Å². The van der Waals surface area contributed by atoms with Crippen LogP contribution in [0.3, 0.4) is 0 Å². The maximum absolute atomic E-state index is 12.1. The van der Waals surface area contributed by atoms with Crippen LogP contribution in [0.4, 0.5) is 0 Å². The minimum absolute atomic E-state index is 0.0471. The second kappa shape index (κ2) is 24.5. The number of amides is 1. The summed E-state index contributed by atoms with van der Waals surface area (Å²) in [6, 6.07) is -0.537. The maximum atomic E-state index is 12.1. The van der Waals surface area contributed by atoms with Gasteiger partial charge in [0.25, 0.3) is 0 Å². The number of hydrogen-bond acceptors (Lipinski definition) is 4. The molecule has 0 rings (SSSR count). The molecule has 0 heterocycles. The third-order valence-electron chi connectivity index (χ3n) is 6.28. The molecule has 1 amide bonds. The van der Waals surface area contributed by atoms with Crippen molar-refractivity contribution in [3.8, 4) is 0 Å². The van der Waals surface area contributed by atoms with Crippen molar-refractivity contribution in [3.63, 3.8) is 0 Å². The zero-order chi connectivity index (χ0) is 23.7. The van der Waals surface area contributed by atoms with E-state index in [9.17, 15) is 9.59 Å². The first-order chi connectivity index (χ1) is 15.7. The molecular formula is C27H54N2O3. The van der Waals surface area contributed by atoms with Gasteiger partial charge >= 0.3 is 5.97 Å². The Morgan fingerprint density at radius 3 is 1.53 bits per heavy atom. The van der Waals surface area contributed by atoms with Crippen LogP contribution in [-0.4, -0.2) is 31.6 Å². The Labute approximate surface area is 199 Å². The van der Waals surface area contributed by atoms with Gasteiger partial charge in [0.2, 0.25) is 5.91 Å². The highest BCUT2D eigenvalue weighted by molar-refractivity contribution is 5.84. The van der Waals surface area contributed by atoms with Gasteiger partial charge in [-0.25, -0.2) is 4.79 Å². The monoisotopic (exact) mass is 454 g/mol. The second-order valence-corrected chi connectivity index (χ2v) is 9.33. The molecule has 0 aromatic carbocycles. The van der Waals surface area contributed by atoms with E-state index in [2.05, 4.69) is 12.2 Å². The number of carbonyl (C=O) groups is 2. The SMILES string of the molecule is CCCCCCCCCCCCCCCCCCCC(=O)N[C@@H](CCCCN)C(=O)OC. The molecule has 0 fully saturated rings.